The Kier molecular flexibility index (Phi) is 11.7. The van der Waals surface area contributed by atoms with E-state index < -0.39 is 52.6 Å². The molecule has 1 spiro atoms. The van der Waals surface area contributed by atoms with Crippen LogP contribution in [-0.4, -0.2) is 88.4 Å². The fourth-order valence-electron chi connectivity index (χ4n) is 7.17. The predicted molar refractivity (Wildman–Crippen MR) is 186 cm³/mol. The average molecular weight is 715 g/mol. The zero-order valence-electron chi connectivity index (χ0n) is 29.8. The quantitative estimate of drug-likeness (QED) is 0.259. The van der Waals surface area contributed by atoms with E-state index in [4.69, 9.17) is 21.2 Å². The molecule has 5 rings (SSSR count). The number of methoxy groups -OCH3 is 1. The number of carbonyl (C=O) groups is 5. The Bertz CT molecular complexity index is 1500. The number of hydrogen-bond acceptors (Lipinski definition) is 9. The Morgan fingerprint density at radius 3 is 2.44 bits per heavy atom. The van der Waals surface area contributed by atoms with E-state index in [0.717, 1.165) is 38.5 Å². The van der Waals surface area contributed by atoms with Gasteiger partial charge in [0.2, 0.25) is 29.4 Å². The molecule has 4 aliphatic rings. The topological polar surface area (TPSA) is 168 Å². The van der Waals surface area contributed by atoms with Gasteiger partial charge in [-0.3, -0.25) is 24.0 Å². The van der Waals surface area contributed by atoms with Crippen molar-refractivity contribution in [2.75, 3.05) is 13.7 Å². The summed E-state index contributed by atoms with van der Waals surface area (Å²) in [5.74, 6) is -2.09. The fourth-order valence-corrected chi connectivity index (χ4v) is 7.42. The maximum atomic E-state index is 14.6. The van der Waals surface area contributed by atoms with E-state index in [1.165, 1.54) is 18.4 Å². The van der Waals surface area contributed by atoms with Crippen LogP contribution in [0.25, 0.3) is 0 Å². The molecule has 0 bridgehead atoms. The third-order valence-corrected chi connectivity index (χ3v) is 10.4. The Labute approximate surface area is 299 Å². The number of ketones is 1. The third kappa shape index (κ3) is 8.94. The Balaban J connectivity index is 1.39. The van der Waals surface area contributed by atoms with Gasteiger partial charge in [-0.15, -0.1) is 0 Å². The molecule has 0 aromatic carbocycles. The first-order valence-corrected chi connectivity index (χ1v) is 18.3. The molecule has 1 aromatic rings. The molecule has 4 atom stereocenters. The monoisotopic (exact) mass is 714 g/mol. The molecule has 2 saturated carbocycles. The molecule has 13 nitrogen and oxygen atoms in total. The van der Waals surface area contributed by atoms with Gasteiger partial charge in [-0.2, -0.15) is 0 Å². The van der Waals surface area contributed by atoms with Crippen LogP contribution in [0, 0.1) is 11.3 Å². The first-order chi connectivity index (χ1) is 23.7. The van der Waals surface area contributed by atoms with Crippen LogP contribution in [0.4, 0.5) is 0 Å². The summed E-state index contributed by atoms with van der Waals surface area (Å²) in [5, 5.41) is 13.2. The minimum absolute atomic E-state index is 0.00781. The van der Waals surface area contributed by atoms with E-state index in [0.29, 0.717) is 29.1 Å². The lowest BCUT2D eigenvalue weighted by Gasteiger charge is -2.36. The molecular weight excluding hydrogens is 664 g/mol. The van der Waals surface area contributed by atoms with Crippen molar-refractivity contribution in [1.82, 2.24) is 25.8 Å². The number of halogens is 1. The lowest BCUT2D eigenvalue weighted by molar-refractivity contribution is -0.145. The SMILES string of the molecule is CCC[C@H](NC(=O)[C@@H]1C[C@]2(CC(c3cnc(OC)c(Cl)c3)=NO2)CN1C(=O)[C@@H](NC(=O)CC1CCCCC1)C(C)(C)C)C(=O)C(=O)NC1CC1. The number of nitrogens with zero attached hydrogens (tertiary/aromatic N) is 3. The number of oxime groups is 1. The van der Waals surface area contributed by atoms with Crippen LogP contribution in [0.5, 0.6) is 5.88 Å². The summed E-state index contributed by atoms with van der Waals surface area (Å²) in [6.07, 6.45) is 10.0. The highest BCUT2D eigenvalue weighted by Crippen LogP contribution is 2.40. The number of carbonyl (C=O) groups excluding carboxylic acids is 5. The number of aromatic nitrogens is 1. The van der Waals surface area contributed by atoms with Gasteiger partial charge in [0.15, 0.2) is 5.60 Å². The van der Waals surface area contributed by atoms with Gasteiger partial charge in [0.1, 0.15) is 17.1 Å². The fraction of sp³-hybridized carbons (Fsp3) is 0.694. The maximum Gasteiger partial charge on any atom is 0.289 e. The van der Waals surface area contributed by atoms with Crippen LogP contribution in [0.15, 0.2) is 17.4 Å². The molecule has 274 valence electrons. The second-order valence-corrected chi connectivity index (χ2v) is 15.8. The summed E-state index contributed by atoms with van der Waals surface area (Å²) in [7, 11) is 1.47. The summed E-state index contributed by atoms with van der Waals surface area (Å²) >= 11 is 6.34. The molecule has 1 saturated heterocycles. The smallest absolute Gasteiger partial charge is 0.289 e. The molecule has 3 heterocycles. The summed E-state index contributed by atoms with van der Waals surface area (Å²) in [6.45, 7) is 7.49. The molecule has 3 fully saturated rings. The number of rotatable bonds is 13. The zero-order valence-corrected chi connectivity index (χ0v) is 30.6. The molecule has 14 heteroatoms. The maximum absolute atomic E-state index is 14.6. The second-order valence-electron chi connectivity index (χ2n) is 15.4. The zero-order chi connectivity index (χ0) is 36.2. The molecule has 50 heavy (non-hydrogen) atoms. The summed E-state index contributed by atoms with van der Waals surface area (Å²) in [4.78, 5) is 79.7. The number of ether oxygens (including phenoxy) is 1. The normalized spacial score (nSPS) is 23.4. The lowest BCUT2D eigenvalue weighted by atomic mass is 9.84. The van der Waals surface area contributed by atoms with Crippen molar-refractivity contribution in [3.05, 3.63) is 22.8 Å². The molecule has 2 aliphatic heterocycles. The Hall–Kier alpha value is -3.74. The van der Waals surface area contributed by atoms with Gasteiger partial charge in [0.25, 0.3) is 5.91 Å². The number of amides is 4. The van der Waals surface area contributed by atoms with Gasteiger partial charge in [0.05, 0.1) is 25.4 Å². The molecule has 4 amide bonds. The molecule has 0 unspecified atom stereocenters. The number of hydrogen-bond donors (Lipinski definition) is 3. The highest BCUT2D eigenvalue weighted by molar-refractivity contribution is 6.38. The highest BCUT2D eigenvalue weighted by Gasteiger charge is 2.55. The molecule has 3 N–H and O–H groups in total. The van der Waals surface area contributed by atoms with Gasteiger partial charge in [-0.25, -0.2) is 4.98 Å². The van der Waals surface area contributed by atoms with Crippen LogP contribution < -0.4 is 20.7 Å². The summed E-state index contributed by atoms with van der Waals surface area (Å²) in [6, 6.07) is -1.40. The van der Waals surface area contributed by atoms with Crippen LogP contribution in [-0.2, 0) is 28.8 Å². The van der Waals surface area contributed by atoms with Crippen LogP contribution >= 0.6 is 11.6 Å². The van der Waals surface area contributed by atoms with Crippen molar-refractivity contribution in [2.45, 2.75) is 135 Å². The van der Waals surface area contributed by atoms with E-state index >= 15 is 0 Å². The minimum atomic E-state index is -1.07. The highest BCUT2D eigenvalue weighted by atomic mass is 35.5. The summed E-state index contributed by atoms with van der Waals surface area (Å²) < 4.78 is 5.18. The molecule has 2 aliphatic carbocycles. The van der Waals surface area contributed by atoms with Gasteiger partial charge in [-0.1, -0.05) is 70.1 Å². The van der Waals surface area contributed by atoms with Gasteiger partial charge < -0.3 is 30.4 Å². The molecule has 0 radical (unpaired) electrons. The molecular formula is C36H51ClN6O7. The number of likely N-dealkylation sites (tertiary alicyclic amines) is 1. The van der Waals surface area contributed by atoms with E-state index in [9.17, 15) is 24.0 Å². The first kappa shape index (κ1) is 37.5. The second kappa shape index (κ2) is 15.7. The van der Waals surface area contributed by atoms with Crippen molar-refractivity contribution >= 4 is 46.7 Å². The largest absolute Gasteiger partial charge is 0.480 e. The number of pyridine rings is 1. The van der Waals surface area contributed by atoms with E-state index in [1.54, 1.807) is 12.3 Å². The van der Waals surface area contributed by atoms with Crippen molar-refractivity contribution in [1.29, 1.82) is 0 Å². The Morgan fingerprint density at radius 1 is 1.10 bits per heavy atom. The van der Waals surface area contributed by atoms with Crippen molar-refractivity contribution in [3.8, 4) is 5.88 Å². The number of nitrogens with one attached hydrogen (secondary N) is 3. The standard InChI is InChI=1S/C36H51ClN6O7/c1-6-10-25(29(45)32(47)39-23-13-14-23)40-31(46)27-18-36(17-26(42-50-36)22-16-24(37)33(49-5)38-19-22)20-43(27)34(48)30(35(2,3)4)41-28(44)15-21-11-8-7-9-12-21/h16,19,21,23,25,27,30H,6-15,17-18,20H2,1-5H3,(H,39,47)(H,40,46)(H,41,44)/t25-,27-,30+,36+/m0/s1. The van der Waals surface area contributed by atoms with Crippen LogP contribution in [0.2, 0.25) is 5.02 Å². The van der Waals surface area contributed by atoms with Gasteiger partial charge >= 0.3 is 0 Å². The van der Waals surface area contributed by atoms with Crippen LogP contribution in [0.1, 0.15) is 110 Å². The van der Waals surface area contributed by atoms with Gasteiger partial charge in [0, 0.05) is 37.1 Å². The van der Waals surface area contributed by atoms with Crippen molar-refractivity contribution in [3.63, 3.8) is 0 Å². The average Bonchev–Trinajstić information content (AvgIpc) is 3.67. The Morgan fingerprint density at radius 2 is 1.82 bits per heavy atom. The van der Waals surface area contributed by atoms with Crippen LogP contribution in [0.3, 0.4) is 0 Å². The van der Waals surface area contributed by atoms with Gasteiger partial charge in [-0.05, 0) is 49.5 Å². The minimum Gasteiger partial charge on any atom is -0.480 e. The van der Waals surface area contributed by atoms with Crippen molar-refractivity contribution < 1.29 is 33.5 Å². The lowest BCUT2D eigenvalue weighted by Crippen LogP contribution is -2.59. The van der Waals surface area contributed by atoms with E-state index in [1.807, 2.05) is 27.7 Å². The first-order valence-electron chi connectivity index (χ1n) is 17.9. The predicted octanol–water partition coefficient (Wildman–Crippen LogP) is 3.84. The number of Topliss-reactive ketones (excluding diaryl/α,β-unsaturated/α-hetero) is 1. The summed E-state index contributed by atoms with van der Waals surface area (Å²) in [5.41, 5.74) is -0.612. The van der Waals surface area contributed by atoms with E-state index in [2.05, 4.69) is 26.1 Å². The van der Waals surface area contributed by atoms with Crippen molar-refractivity contribution in [2.24, 2.45) is 16.5 Å². The van der Waals surface area contributed by atoms with E-state index in [-0.39, 0.29) is 49.6 Å². The third-order valence-electron chi connectivity index (χ3n) is 10.1. The molecule has 1 aromatic heterocycles.